The lowest BCUT2D eigenvalue weighted by Crippen LogP contribution is -2.45. The zero-order valence-electron chi connectivity index (χ0n) is 15.2. The second-order valence-corrected chi connectivity index (χ2v) is 8.32. The molecular formula is C19H28O5. The van der Waals surface area contributed by atoms with Crippen LogP contribution in [0.2, 0.25) is 0 Å². The normalized spacial score (nSPS) is 46.2. The number of esters is 2. The van der Waals surface area contributed by atoms with Gasteiger partial charge in [0, 0.05) is 30.6 Å². The maximum Gasteiger partial charge on any atom is 0.302 e. The standard InChI is InChI=1S/C19H28O5/c1-11(21)23-14-7-9-18(4)17(3)8-6-13(10-20)15(19(14,18)5)16(17)24-12(2)22/h6,14-16,20H,7-10H2,1-5H3/t14-,15-,16-,17+,18+,19-/m0/s1. The Morgan fingerprint density at radius 2 is 1.83 bits per heavy atom. The molecule has 134 valence electrons. The van der Waals surface area contributed by atoms with Crippen LogP contribution in [0.4, 0.5) is 0 Å². The van der Waals surface area contributed by atoms with Gasteiger partial charge in [-0.25, -0.2) is 0 Å². The number of aliphatic hydroxyl groups excluding tert-OH is 1. The SMILES string of the molecule is CC(=O)O[C@H]1CC[C@@]2(C)[C@]1(C)[C@H]1C(CO)=CC[C@]2(C)[C@H]1OC(C)=O. The van der Waals surface area contributed by atoms with Gasteiger partial charge in [-0.3, -0.25) is 9.59 Å². The minimum absolute atomic E-state index is 0.0586. The van der Waals surface area contributed by atoms with Gasteiger partial charge in [-0.05, 0) is 30.3 Å². The van der Waals surface area contributed by atoms with Crippen LogP contribution < -0.4 is 0 Å². The first-order valence-corrected chi connectivity index (χ1v) is 8.76. The predicted octanol–water partition coefficient (Wildman–Crippen LogP) is 2.61. The Bertz CT molecular complexity index is 611. The van der Waals surface area contributed by atoms with E-state index in [-0.39, 0.29) is 52.9 Å². The minimum atomic E-state index is -0.362. The number of rotatable bonds is 3. The topological polar surface area (TPSA) is 72.8 Å². The third-order valence-corrected chi connectivity index (χ3v) is 7.57. The van der Waals surface area contributed by atoms with Crippen molar-refractivity contribution in [3.8, 4) is 0 Å². The van der Waals surface area contributed by atoms with Crippen molar-refractivity contribution in [3.05, 3.63) is 11.6 Å². The highest BCUT2D eigenvalue weighted by atomic mass is 16.6. The average molecular weight is 336 g/mol. The monoisotopic (exact) mass is 336 g/mol. The van der Waals surface area contributed by atoms with Crippen LogP contribution in [0.1, 0.15) is 53.9 Å². The molecule has 3 rings (SSSR count). The highest BCUT2D eigenvalue weighted by molar-refractivity contribution is 5.67. The molecule has 2 bridgehead atoms. The van der Waals surface area contributed by atoms with E-state index in [1.54, 1.807) is 0 Å². The highest BCUT2D eigenvalue weighted by Crippen LogP contribution is 2.77. The van der Waals surface area contributed by atoms with Crippen molar-refractivity contribution in [2.75, 3.05) is 6.61 Å². The van der Waals surface area contributed by atoms with Crippen LogP contribution in [0.3, 0.4) is 0 Å². The van der Waals surface area contributed by atoms with Crippen molar-refractivity contribution in [3.63, 3.8) is 0 Å². The molecule has 0 aromatic heterocycles. The summed E-state index contributed by atoms with van der Waals surface area (Å²) in [6.45, 7) is 9.38. The number of fused-ring (bicyclic) bond motifs is 5. The van der Waals surface area contributed by atoms with E-state index in [1.165, 1.54) is 13.8 Å². The first-order valence-electron chi connectivity index (χ1n) is 8.76. The summed E-state index contributed by atoms with van der Waals surface area (Å²) in [6.07, 6.45) is 4.07. The molecule has 5 nitrogen and oxygen atoms in total. The van der Waals surface area contributed by atoms with Crippen molar-refractivity contribution in [1.82, 2.24) is 0 Å². The number of hydrogen-bond donors (Lipinski definition) is 1. The molecule has 0 aromatic carbocycles. The molecule has 5 heteroatoms. The van der Waals surface area contributed by atoms with Crippen molar-refractivity contribution < 1.29 is 24.2 Å². The van der Waals surface area contributed by atoms with Crippen LogP contribution >= 0.6 is 0 Å². The molecule has 0 aromatic rings. The molecule has 0 unspecified atom stereocenters. The molecule has 0 aliphatic heterocycles. The summed E-state index contributed by atoms with van der Waals surface area (Å²) in [4.78, 5) is 23.4. The Balaban J connectivity index is 2.15. The van der Waals surface area contributed by atoms with E-state index in [1.807, 2.05) is 0 Å². The third-order valence-electron chi connectivity index (χ3n) is 7.57. The van der Waals surface area contributed by atoms with E-state index in [9.17, 15) is 14.7 Å². The second kappa shape index (κ2) is 5.32. The fraction of sp³-hybridized carbons (Fsp3) is 0.789. The molecule has 2 saturated carbocycles. The number of ether oxygens (including phenoxy) is 2. The summed E-state index contributed by atoms with van der Waals surface area (Å²) >= 11 is 0. The Morgan fingerprint density at radius 1 is 1.21 bits per heavy atom. The van der Waals surface area contributed by atoms with Gasteiger partial charge >= 0.3 is 11.9 Å². The predicted molar refractivity (Wildman–Crippen MR) is 87.9 cm³/mol. The van der Waals surface area contributed by atoms with Gasteiger partial charge in [0.1, 0.15) is 12.2 Å². The fourth-order valence-electron chi connectivity index (χ4n) is 6.10. The summed E-state index contributed by atoms with van der Waals surface area (Å²) in [5, 5.41) is 9.92. The summed E-state index contributed by atoms with van der Waals surface area (Å²) in [6, 6.07) is 0. The summed E-state index contributed by atoms with van der Waals surface area (Å²) in [5.41, 5.74) is 0.173. The van der Waals surface area contributed by atoms with Gasteiger partial charge in [0.25, 0.3) is 0 Å². The molecule has 1 N–H and O–H groups in total. The van der Waals surface area contributed by atoms with Gasteiger partial charge < -0.3 is 14.6 Å². The van der Waals surface area contributed by atoms with Crippen molar-refractivity contribution >= 4 is 11.9 Å². The van der Waals surface area contributed by atoms with Crippen LogP contribution in [-0.2, 0) is 19.1 Å². The van der Waals surface area contributed by atoms with Gasteiger partial charge in [0.2, 0.25) is 0 Å². The van der Waals surface area contributed by atoms with Gasteiger partial charge in [-0.2, -0.15) is 0 Å². The molecule has 0 spiro atoms. The van der Waals surface area contributed by atoms with Crippen LogP contribution in [0.25, 0.3) is 0 Å². The molecule has 24 heavy (non-hydrogen) atoms. The van der Waals surface area contributed by atoms with Gasteiger partial charge in [-0.1, -0.05) is 26.8 Å². The minimum Gasteiger partial charge on any atom is -0.462 e. The lowest BCUT2D eigenvalue weighted by Gasteiger charge is -2.46. The van der Waals surface area contributed by atoms with E-state index in [4.69, 9.17) is 9.47 Å². The van der Waals surface area contributed by atoms with E-state index >= 15 is 0 Å². The lowest BCUT2D eigenvalue weighted by atomic mass is 9.58. The van der Waals surface area contributed by atoms with Gasteiger partial charge in [0.05, 0.1) is 6.61 Å². The first kappa shape index (κ1) is 17.5. The first-order chi connectivity index (χ1) is 11.1. The lowest BCUT2D eigenvalue weighted by molar-refractivity contribution is -0.159. The number of aliphatic hydroxyl groups is 1. The van der Waals surface area contributed by atoms with Crippen molar-refractivity contribution in [2.24, 2.45) is 22.2 Å². The fourth-order valence-corrected chi connectivity index (χ4v) is 6.10. The largest absolute Gasteiger partial charge is 0.462 e. The van der Waals surface area contributed by atoms with Gasteiger partial charge in [0.15, 0.2) is 0 Å². The third kappa shape index (κ3) is 1.91. The molecule has 2 fully saturated rings. The Labute approximate surface area is 143 Å². The highest BCUT2D eigenvalue weighted by Gasteiger charge is 2.77. The van der Waals surface area contributed by atoms with E-state index in [0.29, 0.717) is 0 Å². The number of carbonyl (C=O) groups is 2. The van der Waals surface area contributed by atoms with Gasteiger partial charge in [-0.15, -0.1) is 0 Å². The van der Waals surface area contributed by atoms with Crippen molar-refractivity contribution in [1.29, 1.82) is 0 Å². The van der Waals surface area contributed by atoms with Crippen LogP contribution in [0.5, 0.6) is 0 Å². The second-order valence-electron chi connectivity index (χ2n) is 8.32. The molecule has 3 aliphatic rings. The van der Waals surface area contributed by atoms with E-state index in [2.05, 4.69) is 26.8 Å². The smallest absolute Gasteiger partial charge is 0.302 e. The summed E-state index contributed by atoms with van der Waals surface area (Å²) < 4.78 is 11.5. The Kier molecular flexibility index (Phi) is 3.87. The quantitative estimate of drug-likeness (QED) is 0.633. The maximum absolute atomic E-state index is 11.8. The van der Waals surface area contributed by atoms with Crippen LogP contribution in [-0.4, -0.2) is 35.9 Å². The van der Waals surface area contributed by atoms with Crippen molar-refractivity contribution in [2.45, 2.75) is 66.1 Å². The molecule has 0 saturated heterocycles. The molecular weight excluding hydrogens is 308 g/mol. The van der Waals surface area contributed by atoms with E-state index in [0.717, 1.165) is 24.8 Å². The summed E-state index contributed by atoms with van der Waals surface area (Å²) in [5.74, 6) is -0.704. The Morgan fingerprint density at radius 3 is 2.38 bits per heavy atom. The molecule has 0 heterocycles. The van der Waals surface area contributed by atoms with E-state index < -0.39 is 0 Å². The Hall–Kier alpha value is -1.36. The number of allylic oxidation sites excluding steroid dienone is 1. The molecule has 0 radical (unpaired) electrons. The molecule has 6 atom stereocenters. The van der Waals surface area contributed by atoms with Crippen LogP contribution in [0.15, 0.2) is 11.6 Å². The number of hydrogen-bond acceptors (Lipinski definition) is 5. The average Bonchev–Trinajstić information content (AvgIpc) is 2.78. The maximum atomic E-state index is 11.8. The van der Waals surface area contributed by atoms with Crippen LogP contribution in [0, 0.1) is 22.2 Å². The zero-order chi connectivity index (χ0) is 17.9. The summed E-state index contributed by atoms with van der Waals surface area (Å²) in [7, 11) is 0. The number of carbonyl (C=O) groups excluding carboxylic acids is 2. The zero-order valence-corrected chi connectivity index (χ0v) is 15.2. The molecule has 0 amide bonds. The molecule has 3 aliphatic carbocycles.